The highest BCUT2D eigenvalue weighted by molar-refractivity contribution is 9.10. The number of benzene rings is 1. The first kappa shape index (κ1) is 15.8. The van der Waals surface area contributed by atoms with Crippen LogP contribution in [0.25, 0.3) is 0 Å². The summed E-state index contributed by atoms with van der Waals surface area (Å²) in [5.74, 6) is -0.468. The molecule has 0 bridgehead atoms. The third-order valence-electron chi connectivity index (χ3n) is 2.66. The molecule has 2 aromatic rings. The van der Waals surface area contributed by atoms with E-state index >= 15 is 0 Å². The Morgan fingerprint density at radius 3 is 2.52 bits per heavy atom. The zero-order chi connectivity index (χ0) is 15.4. The molecular weight excluding hydrogens is 404 g/mol. The molecule has 2 rings (SSSR count). The topological polar surface area (TPSA) is 62.6 Å². The minimum Gasteiger partial charge on any atom is -0.444 e. The minimum absolute atomic E-state index is 0.0709. The molecule has 0 spiro atoms. The van der Waals surface area contributed by atoms with Crippen molar-refractivity contribution in [3.8, 4) is 0 Å². The molecule has 0 unspecified atom stereocenters. The van der Waals surface area contributed by atoms with Crippen molar-refractivity contribution >= 4 is 49.4 Å². The summed E-state index contributed by atoms with van der Waals surface area (Å²) < 4.78 is 6.42. The summed E-state index contributed by atoms with van der Waals surface area (Å²) in [6, 6.07) is 10.4. The minimum atomic E-state index is -0.358. The number of hydrogen-bond donors (Lipinski definition) is 1. The summed E-state index contributed by atoms with van der Waals surface area (Å²) in [5.41, 5.74) is 0.657. The quantitative estimate of drug-likeness (QED) is 0.830. The SMILES string of the molecule is CN(CC(=O)Nc1ccccc1Br)C(=O)c1ccc(Br)o1. The number of likely N-dealkylation sites (N-methyl/N-ethyl adjacent to an activating group) is 1. The van der Waals surface area contributed by atoms with Gasteiger partial charge in [-0.05, 0) is 56.1 Å². The van der Waals surface area contributed by atoms with Crippen LogP contribution in [0.15, 0.2) is 50.0 Å². The van der Waals surface area contributed by atoms with Gasteiger partial charge in [0.1, 0.15) is 0 Å². The van der Waals surface area contributed by atoms with E-state index in [9.17, 15) is 9.59 Å². The molecule has 1 aromatic heterocycles. The van der Waals surface area contributed by atoms with Gasteiger partial charge in [-0.1, -0.05) is 12.1 Å². The van der Waals surface area contributed by atoms with E-state index in [-0.39, 0.29) is 24.1 Å². The number of amides is 2. The van der Waals surface area contributed by atoms with E-state index in [1.807, 2.05) is 18.2 Å². The number of hydrogen-bond acceptors (Lipinski definition) is 3. The highest BCUT2D eigenvalue weighted by atomic mass is 79.9. The van der Waals surface area contributed by atoms with E-state index in [4.69, 9.17) is 4.42 Å². The maximum absolute atomic E-state index is 12.0. The Morgan fingerprint density at radius 2 is 1.90 bits per heavy atom. The lowest BCUT2D eigenvalue weighted by atomic mass is 10.3. The van der Waals surface area contributed by atoms with Crippen LogP contribution < -0.4 is 5.32 Å². The van der Waals surface area contributed by atoms with Crippen LogP contribution >= 0.6 is 31.9 Å². The number of rotatable bonds is 4. The van der Waals surface area contributed by atoms with Gasteiger partial charge < -0.3 is 14.6 Å². The first-order chi connectivity index (χ1) is 9.97. The first-order valence-corrected chi connectivity index (χ1v) is 7.61. The average molecular weight is 416 g/mol. The Morgan fingerprint density at radius 1 is 1.19 bits per heavy atom. The molecule has 7 heteroatoms. The lowest BCUT2D eigenvalue weighted by Gasteiger charge is -2.15. The average Bonchev–Trinajstić information content (AvgIpc) is 2.87. The summed E-state index contributed by atoms with van der Waals surface area (Å²) in [6.45, 7) is -0.0709. The predicted molar refractivity (Wildman–Crippen MR) is 86.1 cm³/mol. The Bertz CT molecular complexity index is 670. The van der Waals surface area contributed by atoms with Crippen LogP contribution in [-0.4, -0.2) is 30.3 Å². The summed E-state index contributed by atoms with van der Waals surface area (Å²) in [5, 5.41) is 2.73. The number of nitrogens with zero attached hydrogens (tertiary/aromatic N) is 1. The zero-order valence-electron chi connectivity index (χ0n) is 11.1. The van der Waals surface area contributed by atoms with E-state index in [1.165, 1.54) is 4.90 Å². The van der Waals surface area contributed by atoms with Crippen molar-refractivity contribution in [1.82, 2.24) is 4.90 Å². The van der Waals surface area contributed by atoms with Crippen molar-refractivity contribution in [1.29, 1.82) is 0 Å². The molecule has 1 N–H and O–H groups in total. The van der Waals surface area contributed by atoms with Crippen LogP contribution in [0.1, 0.15) is 10.6 Å². The summed E-state index contributed by atoms with van der Waals surface area (Å²) in [7, 11) is 1.54. The van der Waals surface area contributed by atoms with E-state index in [1.54, 1.807) is 25.2 Å². The third-order valence-corrected chi connectivity index (χ3v) is 3.78. The Labute approximate surface area is 138 Å². The number of nitrogens with one attached hydrogen (secondary N) is 1. The van der Waals surface area contributed by atoms with Crippen LogP contribution in [0.2, 0.25) is 0 Å². The highest BCUT2D eigenvalue weighted by Crippen LogP contribution is 2.21. The second-order valence-electron chi connectivity index (χ2n) is 4.29. The number of carbonyl (C=O) groups is 2. The van der Waals surface area contributed by atoms with Gasteiger partial charge in [0.2, 0.25) is 5.91 Å². The van der Waals surface area contributed by atoms with Gasteiger partial charge in [-0.15, -0.1) is 0 Å². The van der Waals surface area contributed by atoms with Crippen molar-refractivity contribution in [3.63, 3.8) is 0 Å². The van der Waals surface area contributed by atoms with E-state index < -0.39 is 0 Å². The lowest BCUT2D eigenvalue weighted by molar-refractivity contribution is -0.116. The molecule has 2 amide bonds. The Hall–Kier alpha value is -1.60. The van der Waals surface area contributed by atoms with Gasteiger partial charge in [0.15, 0.2) is 10.4 Å². The smallest absolute Gasteiger partial charge is 0.289 e. The van der Waals surface area contributed by atoms with Gasteiger partial charge in [-0.3, -0.25) is 9.59 Å². The molecule has 0 saturated heterocycles. The van der Waals surface area contributed by atoms with Gasteiger partial charge in [0, 0.05) is 11.5 Å². The fourth-order valence-corrected chi connectivity index (χ4v) is 2.35. The third kappa shape index (κ3) is 4.18. The molecule has 110 valence electrons. The van der Waals surface area contributed by atoms with Crippen molar-refractivity contribution in [2.45, 2.75) is 0 Å². The normalized spacial score (nSPS) is 10.2. The second-order valence-corrected chi connectivity index (χ2v) is 5.93. The van der Waals surface area contributed by atoms with E-state index in [2.05, 4.69) is 37.2 Å². The monoisotopic (exact) mass is 414 g/mol. The standard InChI is InChI=1S/C14H12Br2N2O3/c1-18(14(20)11-6-7-12(16)21-11)8-13(19)17-10-5-3-2-4-9(10)15/h2-7H,8H2,1H3,(H,17,19). The van der Waals surface area contributed by atoms with Crippen molar-refractivity contribution in [2.24, 2.45) is 0 Å². The van der Waals surface area contributed by atoms with Crippen LogP contribution in [0.5, 0.6) is 0 Å². The number of furan rings is 1. The van der Waals surface area contributed by atoms with Gasteiger partial charge in [-0.25, -0.2) is 0 Å². The lowest BCUT2D eigenvalue weighted by Crippen LogP contribution is -2.34. The molecule has 0 atom stereocenters. The largest absolute Gasteiger partial charge is 0.444 e. The van der Waals surface area contributed by atoms with E-state index in [0.717, 1.165) is 4.47 Å². The fraction of sp³-hybridized carbons (Fsp3) is 0.143. The second kappa shape index (κ2) is 6.91. The van der Waals surface area contributed by atoms with Crippen LogP contribution in [0, 0.1) is 0 Å². The van der Waals surface area contributed by atoms with Crippen molar-refractivity contribution in [2.75, 3.05) is 18.9 Å². The number of para-hydroxylation sites is 1. The van der Waals surface area contributed by atoms with E-state index in [0.29, 0.717) is 10.4 Å². The fourth-order valence-electron chi connectivity index (χ4n) is 1.66. The molecular formula is C14H12Br2N2O3. The summed E-state index contributed by atoms with van der Waals surface area (Å²) in [6.07, 6.45) is 0. The predicted octanol–water partition coefficient (Wildman–Crippen LogP) is 3.52. The molecule has 0 aliphatic carbocycles. The van der Waals surface area contributed by atoms with Gasteiger partial charge >= 0.3 is 0 Å². The molecule has 21 heavy (non-hydrogen) atoms. The molecule has 1 heterocycles. The molecule has 1 aromatic carbocycles. The zero-order valence-corrected chi connectivity index (χ0v) is 14.3. The maximum Gasteiger partial charge on any atom is 0.289 e. The molecule has 0 aliphatic heterocycles. The van der Waals surface area contributed by atoms with Crippen LogP contribution in [-0.2, 0) is 4.79 Å². The molecule has 5 nitrogen and oxygen atoms in total. The molecule has 0 fully saturated rings. The van der Waals surface area contributed by atoms with Gasteiger partial charge in [-0.2, -0.15) is 0 Å². The maximum atomic E-state index is 12.0. The van der Waals surface area contributed by atoms with Gasteiger partial charge in [0.25, 0.3) is 5.91 Å². The number of carbonyl (C=O) groups excluding carboxylic acids is 2. The van der Waals surface area contributed by atoms with Crippen molar-refractivity contribution in [3.05, 3.63) is 51.3 Å². The Kier molecular flexibility index (Phi) is 5.19. The van der Waals surface area contributed by atoms with Gasteiger partial charge in [0.05, 0.1) is 12.2 Å². The summed E-state index contributed by atoms with van der Waals surface area (Å²) >= 11 is 6.47. The highest BCUT2D eigenvalue weighted by Gasteiger charge is 2.18. The number of anilines is 1. The number of halogens is 2. The molecule has 0 aliphatic rings. The molecule has 0 radical (unpaired) electrons. The van der Waals surface area contributed by atoms with Crippen LogP contribution in [0.3, 0.4) is 0 Å². The summed E-state index contributed by atoms with van der Waals surface area (Å²) in [4.78, 5) is 25.3. The van der Waals surface area contributed by atoms with Crippen LogP contribution in [0.4, 0.5) is 5.69 Å². The Balaban J connectivity index is 1.96. The molecule has 0 saturated carbocycles. The van der Waals surface area contributed by atoms with Crippen molar-refractivity contribution < 1.29 is 14.0 Å². The first-order valence-electron chi connectivity index (χ1n) is 6.02.